The van der Waals surface area contributed by atoms with E-state index in [1.807, 2.05) is 12.3 Å². The number of anilines is 3. The molecular formula is C32H29Cl2N7O2. The number of carbonyl (C=O) groups excluding carboxylic acids is 2. The lowest BCUT2D eigenvalue weighted by molar-refractivity contribution is 0.103. The van der Waals surface area contributed by atoms with Crippen molar-refractivity contribution in [3.63, 3.8) is 0 Å². The van der Waals surface area contributed by atoms with E-state index in [2.05, 4.69) is 54.3 Å². The van der Waals surface area contributed by atoms with Crippen LogP contribution in [0.25, 0.3) is 11.0 Å². The molecule has 0 bridgehead atoms. The van der Waals surface area contributed by atoms with Crippen molar-refractivity contribution in [1.82, 2.24) is 19.4 Å². The van der Waals surface area contributed by atoms with E-state index in [4.69, 9.17) is 28.9 Å². The van der Waals surface area contributed by atoms with Gasteiger partial charge in [0.05, 0.1) is 10.9 Å². The summed E-state index contributed by atoms with van der Waals surface area (Å²) >= 11 is 12.1. The van der Waals surface area contributed by atoms with Crippen LogP contribution in [0, 0.1) is 0 Å². The molecule has 0 atom stereocenters. The molecular weight excluding hydrogens is 585 g/mol. The fourth-order valence-electron chi connectivity index (χ4n) is 5.57. The van der Waals surface area contributed by atoms with Crippen molar-refractivity contribution < 1.29 is 9.59 Å². The third-order valence-corrected chi connectivity index (χ3v) is 8.02. The zero-order valence-electron chi connectivity index (χ0n) is 23.1. The Morgan fingerprint density at radius 1 is 0.884 bits per heavy atom. The molecule has 0 spiro atoms. The van der Waals surface area contributed by atoms with Gasteiger partial charge in [-0.25, -0.2) is 14.8 Å². The van der Waals surface area contributed by atoms with Crippen LogP contribution in [0.1, 0.15) is 40.4 Å². The normalized spacial score (nSPS) is 14.1. The Kier molecular flexibility index (Phi) is 8.29. The van der Waals surface area contributed by atoms with Gasteiger partial charge in [0.2, 0.25) is 0 Å². The molecule has 3 heterocycles. The summed E-state index contributed by atoms with van der Waals surface area (Å²) < 4.78 is 2.08. The molecule has 1 saturated heterocycles. The van der Waals surface area contributed by atoms with Crippen LogP contribution in [-0.2, 0) is 6.54 Å². The van der Waals surface area contributed by atoms with Crippen LogP contribution in [0.3, 0.4) is 0 Å². The molecule has 5 aromatic rings. The largest absolute Gasteiger partial charge is 0.383 e. The number of urea groups is 1. The summed E-state index contributed by atoms with van der Waals surface area (Å²) in [6.07, 6.45) is 5.12. The number of carbonyl (C=O) groups is 2. The molecule has 1 aliphatic heterocycles. The predicted octanol–water partition coefficient (Wildman–Crippen LogP) is 7.03. The molecule has 2 aromatic heterocycles. The highest BCUT2D eigenvalue weighted by molar-refractivity contribution is 6.35. The maximum Gasteiger partial charge on any atom is 0.323 e. The summed E-state index contributed by atoms with van der Waals surface area (Å²) in [6, 6.07) is 21.6. The molecule has 0 saturated carbocycles. The minimum Gasteiger partial charge on any atom is -0.383 e. The van der Waals surface area contributed by atoms with Crippen LogP contribution < -0.4 is 16.4 Å². The van der Waals surface area contributed by atoms with E-state index in [-0.39, 0.29) is 17.6 Å². The molecule has 218 valence electrons. The van der Waals surface area contributed by atoms with Crippen molar-refractivity contribution in [2.45, 2.75) is 25.4 Å². The molecule has 4 N–H and O–H groups in total. The second-order valence-electron chi connectivity index (χ2n) is 10.5. The maximum absolute atomic E-state index is 13.9. The number of benzene rings is 3. The van der Waals surface area contributed by atoms with Crippen molar-refractivity contribution in [3.8, 4) is 0 Å². The summed E-state index contributed by atoms with van der Waals surface area (Å²) in [5.74, 6) is 0.0138. The van der Waals surface area contributed by atoms with Crippen molar-refractivity contribution in [2.75, 3.05) is 29.5 Å². The van der Waals surface area contributed by atoms with Gasteiger partial charge in [0.15, 0.2) is 5.78 Å². The van der Waals surface area contributed by atoms with Gasteiger partial charge in [-0.2, -0.15) is 0 Å². The summed E-state index contributed by atoms with van der Waals surface area (Å²) in [5.41, 5.74) is 9.94. The van der Waals surface area contributed by atoms with Crippen LogP contribution in [0.5, 0.6) is 0 Å². The van der Waals surface area contributed by atoms with E-state index in [1.165, 1.54) is 11.9 Å². The van der Waals surface area contributed by atoms with E-state index in [0.29, 0.717) is 43.6 Å². The third kappa shape index (κ3) is 6.49. The van der Waals surface area contributed by atoms with Crippen molar-refractivity contribution >= 4 is 63.2 Å². The predicted molar refractivity (Wildman–Crippen MR) is 171 cm³/mol. The molecule has 11 heteroatoms. The van der Waals surface area contributed by atoms with Gasteiger partial charge in [0.1, 0.15) is 17.8 Å². The highest BCUT2D eigenvalue weighted by Gasteiger charge is 2.27. The Morgan fingerprint density at radius 3 is 2.35 bits per heavy atom. The molecule has 1 aliphatic rings. The van der Waals surface area contributed by atoms with E-state index in [1.54, 1.807) is 42.5 Å². The third-order valence-electron chi connectivity index (χ3n) is 7.59. The summed E-state index contributed by atoms with van der Waals surface area (Å²) in [5, 5.41) is 6.78. The molecule has 1 fully saturated rings. The maximum atomic E-state index is 13.9. The van der Waals surface area contributed by atoms with Gasteiger partial charge in [-0.05, 0) is 48.7 Å². The number of nitrogens with zero attached hydrogens (tertiary/aromatic N) is 4. The van der Waals surface area contributed by atoms with Crippen molar-refractivity contribution in [1.29, 1.82) is 0 Å². The smallest absolute Gasteiger partial charge is 0.323 e. The average molecular weight is 615 g/mol. The van der Waals surface area contributed by atoms with Crippen LogP contribution in [-0.4, -0.2) is 44.3 Å². The fourth-order valence-corrected chi connectivity index (χ4v) is 6.10. The molecule has 2 amide bonds. The first-order chi connectivity index (χ1) is 20.8. The van der Waals surface area contributed by atoms with Gasteiger partial charge in [-0.15, -0.1) is 0 Å². The van der Waals surface area contributed by atoms with E-state index in [0.717, 1.165) is 32.5 Å². The van der Waals surface area contributed by atoms with Gasteiger partial charge < -0.3 is 20.9 Å². The van der Waals surface area contributed by atoms with Gasteiger partial charge in [-0.3, -0.25) is 9.69 Å². The Hall–Kier alpha value is -4.44. The summed E-state index contributed by atoms with van der Waals surface area (Å²) in [4.78, 5) is 37.7. The molecule has 0 unspecified atom stereocenters. The van der Waals surface area contributed by atoms with Gasteiger partial charge >= 0.3 is 6.03 Å². The topological polar surface area (TPSA) is 118 Å². The molecule has 0 radical (unpaired) electrons. The lowest BCUT2D eigenvalue weighted by Gasteiger charge is -2.33. The number of aromatic nitrogens is 3. The first-order valence-corrected chi connectivity index (χ1v) is 14.7. The SMILES string of the molecule is Nc1ncnc2c1c(C(=O)c1cccc(NC(=O)Nc3cc(Cl)cc(Cl)c3)c1)cn2C1CCN(Cc2ccccc2)CC1. The van der Waals surface area contributed by atoms with E-state index in [9.17, 15) is 9.59 Å². The second-order valence-corrected chi connectivity index (χ2v) is 11.4. The Bertz CT molecular complexity index is 1780. The Morgan fingerprint density at radius 2 is 1.60 bits per heavy atom. The summed E-state index contributed by atoms with van der Waals surface area (Å²) in [7, 11) is 0. The van der Waals surface area contributed by atoms with Crippen LogP contribution in [0.2, 0.25) is 10.0 Å². The van der Waals surface area contributed by atoms with Crippen LogP contribution in [0.4, 0.5) is 22.0 Å². The quantitative estimate of drug-likeness (QED) is 0.170. The van der Waals surface area contributed by atoms with Crippen LogP contribution in [0.15, 0.2) is 85.3 Å². The number of hydrogen-bond acceptors (Lipinski definition) is 6. The number of rotatable bonds is 7. The zero-order valence-corrected chi connectivity index (χ0v) is 24.6. The number of likely N-dealkylation sites (tertiary alicyclic amines) is 1. The molecule has 43 heavy (non-hydrogen) atoms. The highest BCUT2D eigenvalue weighted by atomic mass is 35.5. The number of halogens is 2. The average Bonchev–Trinajstić information content (AvgIpc) is 3.38. The Balaban J connectivity index is 1.20. The monoisotopic (exact) mass is 613 g/mol. The fraction of sp³-hybridized carbons (Fsp3) is 0.188. The van der Waals surface area contributed by atoms with Gasteiger partial charge in [0, 0.05) is 58.9 Å². The molecule has 0 aliphatic carbocycles. The highest BCUT2D eigenvalue weighted by Crippen LogP contribution is 2.33. The van der Waals surface area contributed by atoms with E-state index >= 15 is 0 Å². The second kappa shape index (κ2) is 12.4. The minimum absolute atomic E-state index is 0.169. The molecule has 6 rings (SSSR count). The Labute approximate surface area is 258 Å². The van der Waals surface area contributed by atoms with Gasteiger partial charge in [0.25, 0.3) is 0 Å². The number of ketones is 1. The molecule has 3 aromatic carbocycles. The number of nitrogen functional groups attached to an aromatic ring is 1. The number of amides is 2. The van der Waals surface area contributed by atoms with Crippen molar-refractivity contribution in [3.05, 3.63) is 112 Å². The summed E-state index contributed by atoms with van der Waals surface area (Å²) in [6.45, 7) is 2.77. The van der Waals surface area contributed by atoms with Gasteiger partial charge in [-0.1, -0.05) is 65.7 Å². The number of nitrogens with one attached hydrogen (secondary N) is 2. The standard InChI is InChI=1S/C32H29Cl2N7O2/c33-22-14-23(34)16-25(15-22)39-32(43)38-24-8-4-7-21(13-24)29(42)27-18-41(31-28(27)30(35)36-19-37-31)26-9-11-40(12-10-26)17-20-5-2-1-3-6-20/h1-8,13-16,18-19,26H,9-12,17H2,(H2,35,36,37)(H2,38,39,43). The lowest BCUT2D eigenvalue weighted by Crippen LogP contribution is -2.34. The minimum atomic E-state index is -0.504. The number of fused-ring (bicyclic) bond motifs is 1. The first kappa shape index (κ1) is 28.7. The first-order valence-electron chi connectivity index (χ1n) is 13.9. The zero-order chi connectivity index (χ0) is 29.9. The lowest BCUT2D eigenvalue weighted by atomic mass is 10.0. The van der Waals surface area contributed by atoms with E-state index < -0.39 is 6.03 Å². The van der Waals surface area contributed by atoms with Crippen molar-refractivity contribution in [2.24, 2.45) is 0 Å². The number of hydrogen-bond donors (Lipinski definition) is 3. The number of nitrogens with two attached hydrogens (primary N) is 1. The van der Waals surface area contributed by atoms with Crippen LogP contribution >= 0.6 is 23.2 Å². The number of piperidine rings is 1. The molecule has 9 nitrogen and oxygen atoms in total.